The van der Waals surface area contributed by atoms with Crippen molar-refractivity contribution in [1.82, 2.24) is 4.90 Å². The third-order valence-corrected chi connectivity index (χ3v) is 3.16. The maximum Gasteiger partial charge on any atom is 0.233 e. The summed E-state index contributed by atoms with van der Waals surface area (Å²) in [7, 11) is 0. The molecule has 1 heterocycles. The standard InChI is InChI=1S/C15H19N3O4/c1-11(19)16-12-2-4-13(5-3-12)17-14(20)10-15(21)18-6-8-22-9-7-18/h2-5H,6-10H2,1H3,(H,16,19)(H,17,20). The van der Waals surface area contributed by atoms with Gasteiger partial charge in [0, 0.05) is 31.4 Å². The van der Waals surface area contributed by atoms with Gasteiger partial charge in [0.15, 0.2) is 0 Å². The predicted octanol–water partition coefficient (Wildman–Crippen LogP) is 0.832. The molecule has 0 atom stereocenters. The number of morpholine rings is 1. The lowest BCUT2D eigenvalue weighted by Crippen LogP contribution is -2.41. The summed E-state index contributed by atoms with van der Waals surface area (Å²) in [6, 6.07) is 6.70. The van der Waals surface area contributed by atoms with E-state index in [0.29, 0.717) is 37.7 Å². The molecule has 0 saturated carbocycles. The second kappa shape index (κ2) is 7.56. The van der Waals surface area contributed by atoms with Crippen molar-refractivity contribution < 1.29 is 19.1 Å². The summed E-state index contributed by atoms with van der Waals surface area (Å²) < 4.78 is 5.16. The first-order valence-electron chi connectivity index (χ1n) is 7.07. The van der Waals surface area contributed by atoms with Gasteiger partial charge in [0.2, 0.25) is 17.7 Å². The number of carbonyl (C=O) groups excluding carboxylic acids is 3. The number of hydrogen-bond acceptors (Lipinski definition) is 4. The van der Waals surface area contributed by atoms with E-state index in [1.807, 2.05) is 0 Å². The summed E-state index contributed by atoms with van der Waals surface area (Å²) in [4.78, 5) is 36.3. The maximum atomic E-state index is 11.9. The Balaban J connectivity index is 1.83. The van der Waals surface area contributed by atoms with Gasteiger partial charge in [-0.1, -0.05) is 0 Å². The van der Waals surface area contributed by atoms with Crippen molar-refractivity contribution >= 4 is 29.1 Å². The Hall–Kier alpha value is -2.41. The monoisotopic (exact) mass is 305 g/mol. The highest BCUT2D eigenvalue weighted by atomic mass is 16.5. The van der Waals surface area contributed by atoms with E-state index in [1.54, 1.807) is 29.2 Å². The summed E-state index contributed by atoms with van der Waals surface area (Å²) in [6.45, 7) is 3.50. The van der Waals surface area contributed by atoms with Crippen LogP contribution in [0.25, 0.3) is 0 Å². The molecule has 3 amide bonds. The first-order chi connectivity index (χ1) is 10.5. The molecule has 0 aliphatic carbocycles. The number of hydrogen-bond donors (Lipinski definition) is 2. The number of nitrogens with one attached hydrogen (secondary N) is 2. The summed E-state index contributed by atoms with van der Waals surface area (Å²) in [5, 5.41) is 5.30. The molecule has 0 aromatic heterocycles. The SMILES string of the molecule is CC(=O)Nc1ccc(NC(=O)CC(=O)N2CCOCC2)cc1. The third-order valence-electron chi connectivity index (χ3n) is 3.16. The van der Waals surface area contributed by atoms with Crippen LogP contribution in [-0.4, -0.2) is 48.9 Å². The zero-order valence-electron chi connectivity index (χ0n) is 12.4. The maximum absolute atomic E-state index is 11.9. The van der Waals surface area contributed by atoms with Crippen LogP contribution in [-0.2, 0) is 19.1 Å². The number of rotatable bonds is 4. The molecule has 2 N–H and O–H groups in total. The largest absolute Gasteiger partial charge is 0.378 e. The minimum absolute atomic E-state index is 0.159. The van der Waals surface area contributed by atoms with Crippen molar-refractivity contribution in [1.29, 1.82) is 0 Å². The Morgan fingerprint density at radius 1 is 1.05 bits per heavy atom. The van der Waals surface area contributed by atoms with E-state index < -0.39 is 0 Å². The molecular formula is C15H19N3O4. The quantitative estimate of drug-likeness (QED) is 0.807. The first-order valence-corrected chi connectivity index (χ1v) is 7.07. The first kappa shape index (κ1) is 16.0. The highest BCUT2D eigenvalue weighted by Gasteiger charge is 2.19. The molecule has 0 spiro atoms. The molecule has 22 heavy (non-hydrogen) atoms. The lowest BCUT2D eigenvalue weighted by atomic mass is 10.2. The molecule has 118 valence electrons. The van der Waals surface area contributed by atoms with Crippen molar-refractivity contribution in [2.24, 2.45) is 0 Å². The van der Waals surface area contributed by atoms with Crippen molar-refractivity contribution in [3.8, 4) is 0 Å². The fourth-order valence-electron chi connectivity index (χ4n) is 2.11. The Morgan fingerprint density at radius 3 is 2.14 bits per heavy atom. The molecule has 1 saturated heterocycles. The van der Waals surface area contributed by atoms with Gasteiger partial charge in [0.05, 0.1) is 13.2 Å². The van der Waals surface area contributed by atoms with E-state index >= 15 is 0 Å². The Morgan fingerprint density at radius 2 is 1.59 bits per heavy atom. The number of nitrogens with zero attached hydrogens (tertiary/aromatic N) is 1. The topological polar surface area (TPSA) is 87.7 Å². The molecule has 0 unspecified atom stereocenters. The molecular weight excluding hydrogens is 286 g/mol. The van der Waals surface area contributed by atoms with Crippen LogP contribution in [0.2, 0.25) is 0 Å². The van der Waals surface area contributed by atoms with Crippen molar-refractivity contribution in [2.75, 3.05) is 36.9 Å². The average Bonchev–Trinajstić information content (AvgIpc) is 2.49. The molecule has 1 aliphatic heterocycles. The van der Waals surface area contributed by atoms with Gasteiger partial charge >= 0.3 is 0 Å². The molecule has 0 bridgehead atoms. The minimum atomic E-state index is -0.358. The summed E-state index contributed by atoms with van der Waals surface area (Å²) in [5.74, 6) is -0.715. The molecule has 1 fully saturated rings. The van der Waals surface area contributed by atoms with E-state index in [0.717, 1.165) is 0 Å². The molecule has 2 rings (SSSR count). The smallest absolute Gasteiger partial charge is 0.233 e. The number of amides is 3. The highest BCUT2D eigenvalue weighted by Crippen LogP contribution is 2.14. The van der Waals surface area contributed by atoms with Crippen molar-refractivity contribution in [2.45, 2.75) is 13.3 Å². The van der Waals surface area contributed by atoms with Crippen molar-refractivity contribution in [3.63, 3.8) is 0 Å². The second-order valence-corrected chi connectivity index (χ2v) is 4.98. The van der Waals surface area contributed by atoms with E-state index in [9.17, 15) is 14.4 Å². The molecule has 1 aromatic carbocycles. The van der Waals surface area contributed by atoms with E-state index in [-0.39, 0.29) is 24.1 Å². The van der Waals surface area contributed by atoms with Gasteiger partial charge in [-0.3, -0.25) is 14.4 Å². The summed E-state index contributed by atoms with van der Waals surface area (Å²) in [6.07, 6.45) is -0.187. The van der Waals surface area contributed by atoms with Crippen LogP contribution < -0.4 is 10.6 Å². The second-order valence-electron chi connectivity index (χ2n) is 4.98. The van der Waals surface area contributed by atoms with Gasteiger partial charge in [-0.25, -0.2) is 0 Å². The van der Waals surface area contributed by atoms with Crippen molar-refractivity contribution in [3.05, 3.63) is 24.3 Å². The average molecular weight is 305 g/mol. The van der Waals surface area contributed by atoms with Crippen LogP contribution >= 0.6 is 0 Å². The highest BCUT2D eigenvalue weighted by molar-refractivity contribution is 6.03. The van der Waals surface area contributed by atoms with Gasteiger partial charge in [-0.15, -0.1) is 0 Å². The van der Waals surface area contributed by atoms with Gasteiger partial charge in [-0.05, 0) is 24.3 Å². The molecule has 7 nitrogen and oxygen atoms in total. The molecule has 7 heteroatoms. The number of ether oxygens (including phenoxy) is 1. The minimum Gasteiger partial charge on any atom is -0.378 e. The lowest BCUT2D eigenvalue weighted by molar-refractivity contribution is -0.138. The summed E-state index contributed by atoms with van der Waals surface area (Å²) >= 11 is 0. The molecule has 0 radical (unpaired) electrons. The van der Waals surface area contributed by atoms with E-state index in [4.69, 9.17) is 4.74 Å². The third kappa shape index (κ3) is 4.85. The fourth-order valence-corrected chi connectivity index (χ4v) is 2.11. The van der Waals surface area contributed by atoms with Crippen LogP contribution in [0.3, 0.4) is 0 Å². The Kier molecular flexibility index (Phi) is 5.48. The van der Waals surface area contributed by atoms with Gasteiger partial charge < -0.3 is 20.3 Å². The van der Waals surface area contributed by atoms with Gasteiger partial charge in [0.1, 0.15) is 6.42 Å². The van der Waals surface area contributed by atoms with Crippen LogP contribution in [0.4, 0.5) is 11.4 Å². The summed E-state index contributed by atoms with van der Waals surface area (Å²) in [5.41, 5.74) is 1.23. The zero-order valence-corrected chi connectivity index (χ0v) is 12.4. The Bertz CT molecular complexity index is 550. The van der Waals surface area contributed by atoms with E-state index in [2.05, 4.69) is 10.6 Å². The predicted molar refractivity (Wildman–Crippen MR) is 81.4 cm³/mol. The van der Waals surface area contributed by atoms with Crippen LogP contribution in [0, 0.1) is 0 Å². The van der Waals surface area contributed by atoms with Crippen LogP contribution in [0.5, 0.6) is 0 Å². The number of benzene rings is 1. The van der Waals surface area contributed by atoms with Crippen LogP contribution in [0.1, 0.15) is 13.3 Å². The number of anilines is 2. The molecule has 1 aromatic rings. The fraction of sp³-hybridized carbons (Fsp3) is 0.400. The molecule has 1 aliphatic rings. The lowest BCUT2D eigenvalue weighted by Gasteiger charge is -2.26. The Labute approximate surface area is 128 Å². The van der Waals surface area contributed by atoms with E-state index in [1.165, 1.54) is 6.92 Å². The number of carbonyl (C=O) groups is 3. The van der Waals surface area contributed by atoms with Gasteiger partial charge in [-0.2, -0.15) is 0 Å². The zero-order chi connectivity index (χ0) is 15.9. The van der Waals surface area contributed by atoms with Crippen LogP contribution in [0.15, 0.2) is 24.3 Å². The normalized spacial score (nSPS) is 14.3. The van der Waals surface area contributed by atoms with Gasteiger partial charge in [0.25, 0.3) is 0 Å².